The van der Waals surface area contributed by atoms with E-state index >= 15 is 0 Å². The SMILES string of the molecule is CSc1[nH]nc(-c2ccc(Cl)cc2)c1-c1ccncc1. The number of nitrogens with zero attached hydrogens (tertiary/aromatic N) is 2. The molecule has 3 rings (SSSR count). The van der Waals surface area contributed by atoms with Gasteiger partial charge >= 0.3 is 0 Å². The first-order chi connectivity index (χ1) is 9.79. The molecule has 0 amide bonds. The van der Waals surface area contributed by atoms with Gasteiger partial charge in [-0.2, -0.15) is 5.10 Å². The van der Waals surface area contributed by atoms with Gasteiger partial charge in [0.05, 0.1) is 5.03 Å². The highest BCUT2D eigenvalue weighted by Crippen LogP contribution is 2.36. The normalized spacial score (nSPS) is 10.7. The summed E-state index contributed by atoms with van der Waals surface area (Å²) in [6.45, 7) is 0. The lowest BCUT2D eigenvalue weighted by atomic mass is 10.0. The van der Waals surface area contributed by atoms with Gasteiger partial charge in [0.2, 0.25) is 0 Å². The fourth-order valence-corrected chi connectivity index (χ4v) is 2.76. The molecular weight excluding hydrogens is 290 g/mol. The van der Waals surface area contributed by atoms with E-state index < -0.39 is 0 Å². The summed E-state index contributed by atoms with van der Waals surface area (Å²) in [6, 6.07) is 11.7. The molecule has 20 heavy (non-hydrogen) atoms. The summed E-state index contributed by atoms with van der Waals surface area (Å²) in [7, 11) is 0. The Bertz CT molecular complexity index is 708. The zero-order valence-electron chi connectivity index (χ0n) is 10.8. The predicted octanol–water partition coefficient (Wildman–Crippen LogP) is 4.51. The monoisotopic (exact) mass is 301 g/mol. The number of hydrogen-bond donors (Lipinski definition) is 1. The van der Waals surface area contributed by atoms with Gasteiger partial charge in [-0.3, -0.25) is 10.1 Å². The van der Waals surface area contributed by atoms with Crippen LogP contribution in [0.2, 0.25) is 5.02 Å². The highest BCUT2D eigenvalue weighted by atomic mass is 35.5. The molecule has 0 saturated carbocycles. The lowest BCUT2D eigenvalue weighted by molar-refractivity contribution is 1.01. The van der Waals surface area contributed by atoms with Crippen LogP contribution < -0.4 is 0 Å². The lowest BCUT2D eigenvalue weighted by Crippen LogP contribution is -1.84. The molecule has 0 saturated heterocycles. The zero-order chi connectivity index (χ0) is 13.9. The number of aromatic nitrogens is 3. The van der Waals surface area contributed by atoms with Crippen molar-refractivity contribution in [2.45, 2.75) is 5.03 Å². The smallest absolute Gasteiger partial charge is 0.101 e. The number of nitrogens with one attached hydrogen (secondary N) is 1. The average molecular weight is 302 g/mol. The Morgan fingerprint density at radius 3 is 2.35 bits per heavy atom. The molecule has 1 aromatic carbocycles. The van der Waals surface area contributed by atoms with E-state index in [4.69, 9.17) is 11.6 Å². The van der Waals surface area contributed by atoms with Gasteiger partial charge in [-0.15, -0.1) is 11.8 Å². The van der Waals surface area contributed by atoms with Crippen LogP contribution in [0.4, 0.5) is 0 Å². The van der Waals surface area contributed by atoms with Gasteiger partial charge in [0, 0.05) is 28.5 Å². The van der Waals surface area contributed by atoms with Gasteiger partial charge in [0.15, 0.2) is 0 Å². The van der Waals surface area contributed by atoms with Crippen LogP contribution in [-0.4, -0.2) is 21.4 Å². The molecule has 0 unspecified atom stereocenters. The molecule has 0 aliphatic rings. The standard InChI is InChI=1S/C15H12ClN3S/c1-20-15-13(10-6-8-17-9-7-10)14(18-19-15)11-2-4-12(16)5-3-11/h2-9H,1H3,(H,18,19). The van der Waals surface area contributed by atoms with Gasteiger partial charge in [-0.1, -0.05) is 23.7 Å². The van der Waals surface area contributed by atoms with Crippen LogP contribution in [0.5, 0.6) is 0 Å². The molecule has 2 aromatic heterocycles. The molecule has 3 nitrogen and oxygen atoms in total. The van der Waals surface area contributed by atoms with E-state index in [9.17, 15) is 0 Å². The minimum Gasteiger partial charge on any atom is -0.271 e. The third-order valence-electron chi connectivity index (χ3n) is 3.02. The number of H-pyrrole nitrogens is 1. The van der Waals surface area contributed by atoms with E-state index in [1.54, 1.807) is 24.2 Å². The first kappa shape index (κ1) is 13.2. The molecule has 0 aliphatic carbocycles. The fourth-order valence-electron chi connectivity index (χ4n) is 2.08. The van der Waals surface area contributed by atoms with E-state index in [1.807, 2.05) is 42.7 Å². The van der Waals surface area contributed by atoms with Gasteiger partial charge < -0.3 is 0 Å². The second kappa shape index (κ2) is 5.69. The highest BCUT2D eigenvalue weighted by molar-refractivity contribution is 7.98. The number of hydrogen-bond acceptors (Lipinski definition) is 3. The molecular formula is C15H12ClN3S. The number of pyridine rings is 1. The second-order valence-corrected chi connectivity index (χ2v) is 5.48. The maximum absolute atomic E-state index is 5.95. The van der Waals surface area contributed by atoms with Crippen molar-refractivity contribution in [3.8, 4) is 22.4 Å². The van der Waals surface area contributed by atoms with Crippen molar-refractivity contribution >= 4 is 23.4 Å². The largest absolute Gasteiger partial charge is 0.271 e. The van der Waals surface area contributed by atoms with Crippen LogP contribution in [0, 0.1) is 0 Å². The molecule has 0 aliphatic heterocycles. The quantitative estimate of drug-likeness (QED) is 0.723. The molecule has 3 aromatic rings. The predicted molar refractivity (Wildman–Crippen MR) is 84.0 cm³/mol. The van der Waals surface area contributed by atoms with E-state index in [2.05, 4.69) is 15.2 Å². The average Bonchev–Trinajstić information content (AvgIpc) is 2.93. The van der Waals surface area contributed by atoms with Crippen molar-refractivity contribution < 1.29 is 0 Å². The van der Waals surface area contributed by atoms with Crippen molar-refractivity contribution in [2.75, 3.05) is 6.26 Å². The molecule has 1 N–H and O–H groups in total. The summed E-state index contributed by atoms with van der Waals surface area (Å²) < 4.78 is 0. The molecule has 5 heteroatoms. The minimum absolute atomic E-state index is 0.722. The molecule has 2 heterocycles. The van der Waals surface area contributed by atoms with Crippen LogP contribution in [0.3, 0.4) is 0 Å². The molecule has 0 radical (unpaired) electrons. The Morgan fingerprint density at radius 2 is 1.70 bits per heavy atom. The van der Waals surface area contributed by atoms with Crippen molar-refractivity contribution in [1.82, 2.24) is 15.2 Å². The molecule has 0 fully saturated rings. The van der Waals surface area contributed by atoms with Gasteiger partial charge in [0.25, 0.3) is 0 Å². The highest BCUT2D eigenvalue weighted by Gasteiger charge is 2.16. The maximum atomic E-state index is 5.95. The second-order valence-electron chi connectivity index (χ2n) is 4.22. The van der Waals surface area contributed by atoms with Crippen molar-refractivity contribution in [3.63, 3.8) is 0 Å². The third-order valence-corrected chi connectivity index (χ3v) is 3.98. The van der Waals surface area contributed by atoms with Crippen LogP contribution in [0.25, 0.3) is 22.4 Å². The molecule has 0 bridgehead atoms. The van der Waals surface area contributed by atoms with Crippen LogP contribution >= 0.6 is 23.4 Å². The van der Waals surface area contributed by atoms with Crippen LogP contribution in [0.15, 0.2) is 53.8 Å². The molecule has 0 atom stereocenters. The number of halogens is 1. The van der Waals surface area contributed by atoms with E-state index in [-0.39, 0.29) is 0 Å². The first-order valence-electron chi connectivity index (χ1n) is 6.08. The molecule has 100 valence electrons. The Morgan fingerprint density at radius 1 is 1.00 bits per heavy atom. The summed E-state index contributed by atoms with van der Waals surface area (Å²) in [5, 5.41) is 9.31. The number of benzene rings is 1. The van der Waals surface area contributed by atoms with Crippen molar-refractivity contribution in [3.05, 3.63) is 53.8 Å². The number of rotatable bonds is 3. The van der Waals surface area contributed by atoms with Gasteiger partial charge in [-0.25, -0.2) is 0 Å². The number of thioether (sulfide) groups is 1. The van der Waals surface area contributed by atoms with E-state index in [0.29, 0.717) is 0 Å². The Kier molecular flexibility index (Phi) is 3.76. The Balaban J connectivity index is 2.17. The van der Waals surface area contributed by atoms with Gasteiger partial charge in [0.1, 0.15) is 5.69 Å². The Hall–Kier alpha value is -1.78. The third kappa shape index (κ3) is 2.44. The van der Waals surface area contributed by atoms with Crippen molar-refractivity contribution in [1.29, 1.82) is 0 Å². The van der Waals surface area contributed by atoms with Crippen molar-refractivity contribution in [2.24, 2.45) is 0 Å². The lowest BCUT2D eigenvalue weighted by Gasteiger charge is -2.05. The first-order valence-corrected chi connectivity index (χ1v) is 7.68. The van der Waals surface area contributed by atoms with Crippen LogP contribution in [-0.2, 0) is 0 Å². The summed E-state index contributed by atoms with van der Waals surface area (Å²) in [6.07, 6.45) is 5.61. The fraction of sp³-hybridized carbons (Fsp3) is 0.0667. The van der Waals surface area contributed by atoms with E-state index in [0.717, 1.165) is 32.4 Å². The topological polar surface area (TPSA) is 41.6 Å². The Labute approximate surface area is 126 Å². The maximum Gasteiger partial charge on any atom is 0.101 e. The van der Waals surface area contributed by atoms with Crippen LogP contribution in [0.1, 0.15) is 0 Å². The van der Waals surface area contributed by atoms with E-state index in [1.165, 1.54) is 0 Å². The van der Waals surface area contributed by atoms with Gasteiger partial charge in [-0.05, 0) is 36.1 Å². The summed E-state index contributed by atoms with van der Waals surface area (Å²) in [4.78, 5) is 4.07. The molecule has 0 spiro atoms. The summed E-state index contributed by atoms with van der Waals surface area (Å²) in [5.74, 6) is 0. The zero-order valence-corrected chi connectivity index (χ0v) is 12.4. The summed E-state index contributed by atoms with van der Waals surface area (Å²) in [5.41, 5.74) is 4.17. The summed E-state index contributed by atoms with van der Waals surface area (Å²) >= 11 is 7.59. The minimum atomic E-state index is 0.722. The number of aromatic amines is 1.